The largest absolute Gasteiger partial charge is 0.586 e. The molecule has 1 aromatic rings. The molecular formula is C18H17F2N3O4. The predicted octanol–water partition coefficient (Wildman–Crippen LogP) is 2.04. The van der Waals surface area contributed by atoms with Crippen molar-refractivity contribution in [1.29, 1.82) is 5.26 Å². The third-order valence-corrected chi connectivity index (χ3v) is 5.66. The van der Waals surface area contributed by atoms with Crippen LogP contribution in [0.5, 0.6) is 11.5 Å². The molecule has 0 N–H and O–H groups in total. The minimum absolute atomic E-state index is 0.119. The zero-order valence-corrected chi connectivity index (χ0v) is 14.9. The van der Waals surface area contributed by atoms with Crippen LogP contribution in [0.1, 0.15) is 31.9 Å². The molecule has 2 amide bonds. The zero-order chi connectivity index (χ0) is 19.7. The molecule has 142 valence electrons. The van der Waals surface area contributed by atoms with E-state index in [-0.39, 0.29) is 29.7 Å². The molecule has 0 spiro atoms. The number of benzene rings is 1. The van der Waals surface area contributed by atoms with Gasteiger partial charge in [0.25, 0.3) is 0 Å². The Balaban J connectivity index is 1.81. The maximum Gasteiger partial charge on any atom is 0.586 e. The van der Waals surface area contributed by atoms with Crippen LogP contribution >= 0.6 is 0 Å². The fourth-order valence-corrected chi connectivity index (χ4v) is 4.16. The summed E-state index contributed by atoms with van der Waals surface area (Å²) in [6.07, 6.45) is -3.59. The molecule has 4 rings (SSSR count). The minimum atomic E-state index is -3.76. The number of hydrogen-bond acceptors (Lipinski definition) is 5. The monoisotopic (exact) mass is 377 g/mol. The summed E-state index contributed by atoms with van der Waals surface area (Å²) in [5.41, 5.74) is -0.614. The van der Waals surface area contributed by atoms with Crippen LogP contribution in [0.25, 0.3) is 0 Å². The van der Waals surface area contributed by atoms with Crippen molar-refractivity contribution in [2.75, 3.05) is 7.05 Å². The molecule has 2 fully saturated rings. The summed E-state index contributed by atoms with van der Waals surface area (Å²) in [5.74, 6) is -0.805. The van der Waals surface area contributed by atoms with Crippen LogP contribution in [-0.4, -0.2) is 47.0 Å². The average molecular weight is 377 g/mol. The summed E-state index contributed by atoms with van der Waals surface area (Å²) in [6, 6.07) is 4.21. The van der Waals surface area contributed by atoms with E-state index in [1.165, 1.54) is 28.0 Å². The lowest BCUT2D eigenvalue weighted by Crippen LogP contribution is -2.60. The quantitative estimate of drug-likeness (QED) is 0.748. The number of piperazine rings is 1. The van der Waals surface area contributed by atoms with Crippen LogP contribution < -0.4 is 9.47 Å². The van der Waals surface area contributed by atoms with E-state index in [9.17, 15) is 23.6 Å². The van der Waals surface area contributed by atoms with Gasteiger partial charge in [0.05, 0.1) is 17.5 Å². The number of alkyl halides is 2. The average Bonchev–Trinajstić information content (AvgIpc) is 3.10. The first-order chi connectivity index (χ1) is 12.6. The lowest BCUT2D eigenvalue weighted by molar-refractivity contribution is -0.286. The number of likely N-dealkylation sites (N-methyl/N-ethyl adjacent to an activating group) is 1. The van der Waals surface area contributed by atoms with E-state index in [1.54, 1.807) is 20.9 Å². The second-order valence-corrected chi connectivity index (χ2v) is 7.40. The number of carbonyl (C=O) groups excluding carboxylic acids is 2. The van der Waals surface area contributed by atoms with Gasteiger partial charge in [0.2, 0.25) is 11.8 Å². The number of nitrogens with zero attached hydrogens (tertiary/aromatic N) is 3. The third kappa shape index (κ3) is 2.36. The smallest absolute Gasteiger partial charge is 0.395 e. The lowest BCUT2D eigenvalue weighted by Gasteiger charge is -2.42. The molecule has 0 radical (unpaired) electrons. The second kappa shape index (κ2) is 5.31. The molecule has 3 aliphatic heterocycles. The maximum absolute atomic E-state index is 13.3. The van der Waals surface area contributed by atoms with E-state index in [1.807, 2.05) is 0 Å². The standard InChI is InChI=1S/C18H17F2N3O4/c1-9-15(24)23-11(16(25)22(9)3)7-17(2,8-21)14(23)10-4-5-12-13(6-10)27-18(19,20)26-12/h4-6,9,11,14H,7H2,1-3H3/t9-,11?,14?,17-/m1/s1. The van der Waals surface area contributed by atoms with Crippen LogP contribution in [0.4, 0.5) is 8.78 Å². The van der Waals surface area contributed by atoms with Crippen LogP contribution in [0.3, 0.4) is 0 Å². The van der Waals surface area contributed by atoms with Crippen LogP contribution in [0.15, 0.2) is 18.2 Å². The highest BCUT2D eigenvalue weighted by Crippen LogP contribution is 2.53. The Labute approximate surface area is 154 Å². The van der Waals surface area contributed by atoms with Gasteiger partial charge in [-0.05, 0) is 38.0 Å². The number of ether oxygens (including phenoxy) is 2. The molecule has 27 heavy (non-hydrogen) atoms. The number of amides is 2. The maximum atomic E-state index is 13.3. The number of hydrogen-bond donors (Lipinski definition) is 0. The Morgan fingerprint density at radius 2 is 1.89 bits per heavy atom. The fourth-order valence-electron chi connectivity index (χ4n) is 4.16. The van der Waals surface area contributed by atoms with Crippen LogP contribution in [-0.2, 0) is 9.59 Å². The third-order valence-electron chi connectivity index (χ3n) is 5.66. The number of carbonyl (C=O) groups is 2. The summed E-state index contributed by atoms with van der Waals surface area (Å²) >= 11 is 0. The minimum Gasteiger partial charge on any atom is -0.395 e. The molecule has 0 bridgehead atoms. The second-order valence-electron chi connectivity index (χ2n) is 7.40. The lowest BCUT2D eigenvalue weighted by atomic mass is 9.79. The molecule has 0 aromatic heterocycles. The summed E-state index contributed by atoms with van der Waals surface area (Å²) < 4.78 is 35.6. The highest BCUT2D eigenvalue weighted by atomic mass is 19.3. The van der Waals surface area contributed by atoms with Crippen molar-refractivity contribution in [2.45, 2.75) is 44.7 Å². The van der Waals surface area contributed by atoms with E-state index in [0.29, 0.717) is 5.56 Å². The SMILES string of the molecule is C[C@@H]1C(=O)N2C(C[C@](C)(C#N)C2c2ccc3c(c2)OC(F)(F)O3)C(=O)N1C. The molecule has 4 atom stereocenters. The Bertz CT molecular complexity index is 899. The first-order valence-corrected chi connectivity index (χ1v) is 8.48. The molecule has 1 aromatic carbocycles. The van der Waals surface area contributed by atoms with E-state index < -0.39 is 29.8 Å². The Morgan fingerprint density at radius 3 is 2.56 bits per heavy atom. The van der Waals surface area contributed by atoms with Gasteiger partial charge >= 0.3 is 6.29 Å². The van der Waals surface area contributed by atoms with Gasteiger partial charge in [0.15, 0.2) is 11.5 Å². The molecule has 2 saturated heterocycles. The zero-order valence-electron chi connectivity index (χ0n) is 14.9. The van der Waals surface area contributed by atoms with Gasteiger partial charge in [-0.1, -0.05) is 6.07 Å². The van der Waals surface area contributed by atoms with Crippen molar-refractivity contribution < 1.29 is 27.8 Å². The van der Waals surface area contributed by atoms with Crippen molar-refractivity contribution in [3.05, 3.63) is 23.8 Å². The number of halogens is 2. The highest BCUT2D eigenvalue weighted by molar-refractivity contribution is 5.97. The fraction of sp³-hybridized carbons (Fsp3) is 0.500. The Hall–Kier alpha value is -2.89. The molecule has 3 heterocycles. The van der Waals surface area contributed by atoms with Gasteiger partial charge < -0.3 is 19.3 Å². The molecule has 7 nitrogen and oxygen atoms in total. The van der Waals surface area contributed by atoms with Crippen LogP contribution in [0.2, 0.25) is 0 Å². The van der Waals surface area contributed by atoms with Crippen molar-refractivity contribution in [3.8, 4) is 17.6 Å². The van der Waals surface area contributed by atoms with E-state index >= 15 is 0 Å². The van der Waals surface area contributed by atoms with Crippen molar-refractivity contribution in [3.63, 3.8) is 0 Å². The van der Waals surface area contributed by atoms with Gasteiger partial charge in [-0.15, -0.1) is 8.78 Å². The molecular weight excluding hydrogens is 360 g/mol. The van der Waals surface area contributed by atoms with E-state index in [4.69, 9.17) is 0 Å². The van der Waals surface area contributed by atoms with E-state index in [0.717, 1.165) is 0 Å². The van der Waals surface area contributed by atoms with Crippen molar-refractivity contribution in [1.82, 2.24) is 9.80 Å². The first kappa shape index (κ1) is 17.5. The van der Waals surface area contributed by atoms with Gasteiger partial charge in [-0.3, -0.25) is 9.59 Å². The Kier molecular flexibility index (Phi) is 3.45. The summed E-state index contributed by atoms with van der Waals surface area (Å²) in [6.45, 7) is 3.29. The van der Waals surface area contributed by atoms with Gasteiger partial charge in [0.1, 0.15) is 12.1 Å². The molecule has 2 unspecified atom stereocenters. The normalized spacial score (nSPS) is 33.9. The van der Waals surface area contributed by atoms with Gasteiger partial charge in [0, 0.05) is 7.05 Å². The van der Waals surface area contributed by atoms with Crippen molar-refractivity contribution in [2.24, 2.45) is 5.41 Å². The summed E-state index contributed by atoms with van der Waals surface area (Å²) in [7, 11) is 1.56. The molecule has 9 heteroatoms. The van der Waals surface area contributed by atoms with Gasteiger partial charge in [-0.2, -0.15) is 5.26 Å². The van der Waals surface area contributed by atoms with Gasteiger partial charge in [-0.25, -0.2) is 0 Å². The Morgan fingerprint density at radius 1 is 1.22 bits per heavy atom. The highest BCUT2D eigenvalue weighted by Gasteiger charge is 2.59. The first-order valence-electron chi connectivity index (χ1n) is 8.48. The summed E-state index contributed by atoms with van der Waals surface area (Å²) in [4.78, 5) is 28.4. The van der Waals surface area contributed by atoms with Crippen LogP contribution in [0, 0.1) is 16.7 Å². The number of rotatable bonds is 1. The number of fused-ring (bicyclic) bond motifs is 2. The molecule has 0 aliphatic carbocycles. The summed E-state index contributed by atoms with van der Waals surface area (Å²) in [5, 5.41) is 9.80. The van der Waals surface area contributed by atoms with E-state index in [2.05, 4.69) is 15.5 Å². The number of nitriles is 1. The topological polar surface area (TPSA) is 82.9 Å². The van der Waals surface area contributed by atoms with Crippen molar-refractivity contribution >= 4 is 11.8 Å². The molecule has 3 aliphatic rings. The molecule has 0 saturated carbocycles. The predicted molar refractivity (Wildman–Crippen MR) is 86.6 cm³/mol.